The lowest BCUT2D eigenvalue weighted by molar-refractivity contribution is 0.616. The molecule has 0 spiro atoms. The summed E-state index contributed by atoms with van der Waals surface area (Å²) in [6.45, 7) is 14.5. The van der Waals surface area contributed by atoms with Crippen LogP contribution in [0.4, 0.5) is 0 Å². The second-order valence-electron chi connectivity index (χ2n) is 9.48. The summed E-state index contributed by atoms with van der Waals surface area (Å²) in [5, 5.41) is 0. The van der Waals surface area contributed by atoms with E-state index in [1.807, 2.05) is 0 Å². The number of hydrogen-bond acceptors (Lipinski definition) is 0. The molecular weight excluding hydrogens is 319 g/mol. The van der Waals surface area contributed by atoms with Crippen molar-refractivity contribution in [1.29, 1.82) is 0 Å². The molecule has 0 saturated carbocycles. The van der Waals surface area contributed by atoms with Gasteiger partial charge in [0.15, 0.2) is 0 Å². The summed E-state index contributed by atoms with van der Waals surface area (Å²) in [5.74, 6) is 1.79. The molecule has 0 atom stereocenters. The zero-order chi connectivity index (χ0) is 19.0. The van der Waals surface area contributed by atoms with Gasteiger partial charge in [0, 0.05) is 7.26 Å². The van der Waals surface area contributed by atoms with Gasteiger partial charge < -0.3 is 0 Å². The lowest BCUT2D eigenvalue weighted by Crippen LogP contribution is -2.18. The summed E-state index contributed by atoms with van der Waals surface area (Å²) in [6, 6.07) is 0. The van der Waals surface area contributed by atoms with E-state index in [1.165, 1.54) is 77.0 Å². The van der Waals surface area contributed by atoms with Gasteiger partial charge in [0.05, 0.1) is 24.6 Å². The lowest BCUT2D eigenvalue weighted by Gasteiger charge is -2.31. The minimum atomic E-state index is -0.720. The second kappa shape index (κ2) is 16.6. The van der Waals surface area contributed by atoms with Gasteiger partial charge in [0.1, 0.15) is 0 Å². The molecule has 0 aromatic rings. The largest absolute Gasteiger partial charge is 0.0654 e. The van der Waals surface area contributed by atoms with Crippen LogP contribution < -0.4 is 0 Å². The van der Waals surface area contributed by atoms with Crippen LogP contribution in [0, 0.1) is 11.8 Å². The van der Waals surface area contributed by atoms with Crippen molar-refractivity contribution in [2.24, 2.45) is 11.8 Å². The van der Waals surface area contributed by atoms with E-state index in [0.717, 1.165) is 11.8 Å². The highest BCUT2D eigenvalue weighted by atomic mass is 31.2. The van der Waals surface area contributed by atoms with Crippen LogP contribution in [0.3, 0.4) is 0 Å². The van der Waals surface area contributed by atoms with Crippen LogP contribution in [0.2, 0.25) is 0 Å². The highest BCUT2D eigenvalue weighted by molar-refractivity contribution is 7.75. The van der Waals surface area contributed by atoms with E-state index in [-0.39, 0.29) is 0 Å². The van der Waals surface area contributed by atoms with E-state index in [2.05, 4.69) is 41.5 Å². The first kappa shape index (κ1) is 25.4. The van der Waals surface area contributed by atoms with Crippen molar-refractivity contribution in [2.45, 2.75) is 119 Å². The Kier molecular flexibility index (Phi) is 16.9. The zero-order valence-corrected chi connectivity index (χ0v) is 19.8. The molecule has 0 rings (SSSR count). The molecule has 0 aliphatic heterocycles. The van der Waals surface area contributed by atoms with Gasteiger partial charge in [-0.05, 0) is 37.5 Å². The Balaban J connectivity index is 4.47. The van der Waals surface area contributed by atoms with Gasteiger partial charge in [-0.2, -0.15) is 0 Å². The fourth-order valence-corrected chi connectivity index (χ4v) is 10.5. The average molecular weight is 372 g/mol. The third-order valence-corrected chi connectivity index (χ3v) is 11.0. The highest BCUT2D eigenvalue weighted by Gasteiger charge is 2.37. The molecule has 0 heterocycles. The summed E-state index contributed by atoms with van der Waals surface area (Å²) in [5.41, 5.74) is 0. The van der Waals surface area contributed by atoms with Crippen LogP contribution in [-0.4, -0.2) is 24.6 Å². The molecule has 0 fully saturated rings. The highest BCUT2D eigenvalue weighted by Crippen LogP contribution is 2.62. The first-order valence-electron chi connectivity index (χ1n) is 11.8. The van der Waals surface area contributed by atoms with Crippen molar-refractivity contribution in [3.05, 3.63) is 0 Å². The van der Waals surface area contributed by atoms with Crippen LogP contribution in [0.25, 0.3) is 0 Å². The van der Waals surface area contributed by atoms with E-state index in [1.54, 1.807) is 24.6 Å². The van der Waals surface area contributed by atoms with Gasteiger partial charge in [-0.1, -0.05) is 92.9 Å². The van der Waals surface area contributed by atoms with E-state index in [0.29, 0.717) is 0 Å². The minimum Gasteiger partial charge on any atom is -0.0654 e. The third-order valence-electron chi connectivity index (χ3n) is 5.48. The summed E-state index contributed by atoms with van der Waals surface area (Å²) in [6.07, 6.45) is 23.9. The molecule has 152 valence electrons. The monoisotopic (exact) mass is 371 g/mol. The van der Waals surface area contributed by atoms with Gasteiger partial charge in [-0.3, -0.25) is 0 Å². The molecule has 0 N–H and O–H groups in total. The van der Waals surface area contributed by atoms with E-state index >= 15 is 0 Å². The summed E-state index contributed by atoms with van der Waals surface area (Å²) < 4.78 is 0. The van der Waals surface area contributed by atoms with Crippen molar-refractivity contribution in [3.8, 4) is 0 Å². The summed E-state index contributed by atoms with van der Waals surface area (Å²) in [7, 11) is -0.720. The third kappa shape index (κ3) is 15.2. The van der Waals surface area contributed by atoms with E-state index < -0.39 is 7.26 Å². The van der Waals surface area contributed by atoms with Crippen LogP contribution in [0.5, 0.6) is 0 Å². The molecule has 0 bridgehead atoms. The normalized spacial score (nSPS) is 12.5. The van der Waals surface area contributed by atoms with Crippen LogP contribution in [0.15, 0.2) is 0 Å². The van der Waals surface area contributed by atoms with Crippen molar-refractivity contribution in [1.82, 2.24) is 0 Å². The van der Waals surface area contributed by atoms with Gasteiger partial charge in [-0.15, -0.1) is 0 Å². The maximum atomic E-state index is 2.47. The molecule has 0 radical (unpaired) electrons. The van der Waals surface area contributed by atoms with Crippen molar-refractivity contribution in [2.75, 3.05) is 24.6 Å². The Morgan fingerprint density at radius 3 is 1.12 bits per heavy atom. The fraction of sp³-hybridized carbons (Fsp3) is 1.00. The molecule has 0 unspecified atom stereocenters. The number of unbranched alkanes of at least 4 members (excludes halogenated alkanes) is 10. The molecule has 0 saturated heterocycles. The van der Waals surface area contributed by atoms with Gasteiger partial charge >= 0.3 is 0 Å². The van der Waals surface area contributed by atoms with Crippen LogP contribution in [-0.2, 0) is 0 Å². The SMILES string of the molecule is CCCCCCCC[P+](CCCCCCCC)(CC(C)C)CC(C)C. The average Bonchev–Trinajstić information content (AvgIpc) is 2.53. The molecule has 0 aliphatic carbocycles. The van der Waals surface area contributed by atoms with Crippen molar-refractivity contribution in [3.63, 3.8) is 0 Å². The van der Waals surface area contributed by atoms with Crippen molar-refractivity contribution < 1.29 is 0 Å². The van der Waals surface area contributed by atoms with Crippen LogP contribution in [0.1, 0.15) is 119 Å². The Bertz CT molecular complexity index is 241. The van der Waals surface area contributed by atoms with E-state index in [9.17, 15) is 0 Å². The molecule has 0 amide bonds. The Morgan fingerprint density at radius 1 is 0.480 bits per heavy atom. The molecule has 25 heavy (non-hydrogen) atoms. The molecule has 0 nitrogen and oxygen atoms in total. The molecule has 0 aliphatic rings. The van der Waals surface area contributed by atoms with E-state index in [4.69, 9.17) is 0 Å². The molecule has 0 aromatic carbocycles. The standard InChI is InChI=1S/C24H52P/c1-7-9-11-13-15-17-19-25(21-23(3)4,22-24(5)6)20-18-16-14-12-10-8-2/h23-24H,7-22H2,1-6H3/q+1. The van der Waals surface area contributed by atoms with Gasteiger partial charge in [0.2, 0.25) is 0 Å². The fourth-order valence-electron chi connectivity index (χ4n) is 4.56. The molecular formula is C24H52P+. The molecule has 1 heteroatoms. The second-order valence-corrected chi connectivity index (χ2v) is 13.8. The number of hydrogen-bond donors (Lipinski definition) is 0. The number of rotatable bonds is 18. The smallest absolute Gasteiger partial charge is 0.0617 e. The quantitative estimate of drug-likeness (QED) is 0.166. The Hall–Kier alpha value is 0.430. The van der Waals surface area contributed by atoms with Crippen molar-refractivity contribution >= 4 is 7.26 Å². The van der Waals surface area contributed by atoms with Gasteiger partial charge in [0.25, 0.3) is 0 Å². The molecule has 0 aromatic heterocycles. The van der Waals surface area contributed by atoms with Crippen LogP contribution >= 0.6 is 7.26 Å². The first-order chi connectivity index (χ1) is 12.0. The zero-order valence-electron chi connectivity index (χ0n) is 18.9. The Labute approximate surface area is 162 Å². The predicted molar refractivity (Wildman–Crippen MR) is 123 cm³/mol. The van der Waals surface area contributed by atoms with Gasteiger partial charge in [-0.25, -0.2) is 0 Å². The minimum absolute atomic E-state index is 0.720. The first-order valence-corrected chi connectivity index (χ1v) is 14.3. The topological polar surface area (TPSA) is 0 Å². The Morgan fingerprint density at radius 2 is 0.800 bits per heavy atom. The maximum absolute atomic E-state index is 2.47. The predicted octanol–water partition coefficient (Wildman–Crippen LogP) is 9.04. The lowest BCUT2D eigenvalue weighted by atomic mass is 10.1. The maximum Gasteiger partial charge on any atom is 0.0617 e. The summed E-state index contributed by atoms with van der Waals surface area (Å²) in [4.78, 5) is 0. The summed E-state index contributed by atoms with van der Waals surface area (Å²) >= 11 is 0.